The first-order valence-electron chi connectivity index (χ1n) is 6.80. The van der Waals surface area contributed by atoms with E-state index in [9.17, 15) is 13.9 Å². The first-order valence-corrected chi connectivity index (χ1v) is 6.80. The Morgan fingerprint density at radius 1 is 1.28 bits per heavy atom. The molecule has 1 aliphatic heterocycles. The van der Waals surface area contributed by atoms with Crippen LogP contribution < -0.4 is 5.32 Å². The van der Waals surface area contributed by atoms with Gasteiger partial charge in [0, 0.05) is 25.7 Å². The summed E-state index contributed by atoms with van der Waals surface area (Å²) in [4.78, 5) is 2.27. The molecule has 1 fully saturated rings. The minimum Gasteiger partial charge on any atom is -0.393 e. The maximum Gasteiger partial charge on any atom is 0.250 e. The van der Waals surface area contributed by atoms with Gasteiger partial charge in [0.15, 0.2) is 0 Å². The third-order valence-electron chi connectivity index (χ3n) is 3.42. The van der Waals surface area contributed by atoms with Gasteiger partial charge in [-0.1, -0.05) is 13.8 Å². The number of aliphatic hydroxyl groups excluding tert-OH is 1. The average Bonchev–Trinajstić information content (AvgIpc) is 2.25. The number of halogens is 2. The summed E-state index contributed by atoms with van der Waals surface area (Å²) in [6.07, 6.45) is -1.91. The number of piperidine rings is 1. The van der Waals surface area contributed by atoms with E-state index in [-0.39, 0.29) is 24.6 Å². The summed E-state index contributed by atoms with van der Waals surface area (Å²) in [5, 5.41) is 12.6. The summed E-state index contributed by atoms with van der Waals surface area (Å²) in [5.41, 5.74) is 0. The molecule has 0 saturated carbocycles. The molecule has 5 heteroatoms. The molecule has 3 unspecified atom stereocenters. The third kappa shape index (κ3) is 5.59. The van der Waals surface area contributed by atoms with Gasteiger partial charge in [0.2, 0.25) is 0 Å². The Kier molecular flexibility index (Phi) is 6.46. The third-order valence-corrected chi connectivity index (χ3v) is 3.42. The molecule has 0 aromatic rings. The Labute approximate surface area is 109 Å². The number of aliphatic hydroxyl groups is 1. The van der Waals surface area contributed by atoms with E-state index < -0.39 is 6.43 Å². The minimum absolute atomic E-state index is 0.0612. The molecular weight excluding hydrogens is 238 g/mol. The van der Waals surface area contributed by atoms with Crippen molar-refractivity contribution >= 4 is 0 Å². The van der Waals surface area contributed by atoms with Crippen molar-refractivity contribution in [3.05, 3.63) is 0 Å². The Bertz CT molecular complexity index is 237. The molecule has 1 saturated heterocycles. The van der Waals surface area contributed by atoms with Gasteiger partial charge in [-0.3, -0.25) is 0 Å². The SMILES string of the molecule is CC(C)CN1CC(NCC(F)F)CC(C(C)O)C1. The van der Waals surface area contributed by atoms with Crippen LogP contribution in [0.3, 0.4) is 0 Å². The first kappa shape index (κ1) is 15.8. The van der Waals surface area contributed by atoms with Crippen molar-refractivity contribution in [1.82, 2.24) is 10.2 Å². The van der Waals surface area contributed by atoms with Gasteiger partial charge in [0.1, 0.15) is 0 Å². The topological polar surface area (TPSA) is 35.5 Å². The van der Waals surface area contributed by atoms with Crippen molar-refractivity contribution in [3.8, 4) is 0 Å². The quantitative estimate of drug-likeness (QED) is 0.764. The van der Waals surface area contributed by atoms with Crippen LogP contribution in [0, 0.1) is 11.8 Å². The fraction of sp³-hybridized carbons (Fsp3) is 1.00. The lowest BCUT2D eigenvalue weighted by Crippen LogP contribution is -2.52. The number of likely N-dealkylation sites (tertiary alicyclic amines) is 1. The zero-order valence-corrected chi connectivity index (χ0v) is 11.6. The highest BCUT2D eigenvalue weighted by molar-refractivity contribution is 4.86. The maximum absolute atomic E-state index is 12.2. The number of hydrogen-bond acceptors (Lipinski definition) is 3. The highest BCUT2D eigenvalue weighted by Crippen LogP contribution is 2.21. The van der Waals surface area contributed by atoms with Crippen molar-refractivity contribution in [3.63, 3.8) is 0 Å². The lowest BCUT2D eigenvalue weighted by Gasteiger charge is -2.40. The molecule has 0 aliphatic carbocycles. The van der Waals surface area contributed by atoms with E-state index in [2.05, 4.69) is 24.1 Å². The van der Waals surface area contributed by atoms with Crippen molar-refractivity contribution in [2.24, 2.45) is 11.8 Å². The molecule has 0 spiro atoms. The van der Waals surface area contributed by atoms with Crippen LogP contribution >= 0.6 is 0 Å². The molecule has 1 rings (SSSR count). The summed E-state index contributed by atoms with van der Waals surface area (Å²) in [5.74, 6) is 0.723. The van der Waals surface area contributed by atoms with Gasteiger partial charge in [0.05, 0.1) is 12.6 Å². The molecule has 2 N–H and O–H groups in total. The Balaban J connectivity index is 2.51. The van der Waals surface area contributed by atoms with Gasteiger partial charge < -0.3 is 15.3 Å². The van der Waals surface area contributed by atoms with Crippen LogP contribution in [-0.2, 0) is 0 Å². The van der Waals surface area contributed by atoms with Gasteiger partial charge >= 0.3 is 0 Å². The van der Waals surface area contributed by atoms with Crippen molar-refractivity contribution in [2.75, 3.05) is 26.2 Å². The van der Waals surface area contributed by atoms with Gasteiger partial charge in [-0.2, -0.15) is 0 Å². The van der Waals surface area contributed by atoms with E-state index in [0.717, 1.165) is 26.1 Å². The molecule has 3 nitrogen and oxygen atoms in total. The van der Waals surface area contributed by atoms with Crippen LogP contribution in [0.4, 0.5) is 8.78 Å². The lowest BCUT2D eigenvalue weighted by atomic mass is 9.89. The van der Waals surface area contributed by atoms with Crippen molar-refractivity contribution in [2.45, 2.75) is 45.8 Å². The standard InChI is InChI=1S/C13H26F2N2O/c1-9(2)6-17-7-11(10(3)18)4-12(8-17)16-5-13(14)15/h9-13,16,18H,4-8H2,1-3H3. The second kappa shape index (κ2) is 7.36. The smallest absolute Gasteiger partial charge is 0.250 e. The molecule has 18 heavy (non-hydrogen) atoms. The number of nitrogens with one attached hydrogen (secondary N) is 1. The van der Waals surface area contributed by atoms with Gasteiger partial charge in [-0.05, 0) is 25.2 Å². The maximum atomic E-state index is 12.2. The molecule has 1 heterocycles. The van der Waals surface area contributed by atoms with Gasteiger partial charge in [0.25, 0.3) is 6.43 Å². The monoisotopic (exact) mass is 264 g/mol. The Hall–Kier alpha value is -0.260. The van der Waals surface area contributed by atoms with Crippen molar-refractivity contribution in [1.29, 1.82) is 0 Å². The van der Waals surface area contributed by atoms with E-state index in [4.69, 9.17) is 0 Å². The lowest BCUT2D eigenvalue weighted by molar-refractivity contribution is 0.0391. The van der Waals surface area contributed by atoms with E-state index in [1.54, 1.807) is 6.92 Å². The molecule has 0 amide bonds. The normalized spacial score (nSPS) is 28.0. The molecule has 3 atom stereocenters. The molecule has 0 aromatic heterocycles. The van der Waals surface area contributed by atoms with Crippen LogP contribution in [0.25, 0.3) is 0 Å². The van der Waals surface area contributed by atoms with Crippen molar-refractivity contribution < 1.29 is 13.9 Å². The molecule has 0 aromatic carbocycles. The number of rotatable bonds is 6. The average molecular weight is 264 g/mol. The highest BCUT2D eigenvalue weighted by Gasteiger charge is 2.30. The fourth-order valence-electron chi connectivity index (χ4n) is 2.65. The van der Waals surface area contributed by atoms with E-state index in [0.29, 0.717) is 5.92 Å². The van der Waals surface area contributed by atoms with Crippen LogP contribution in [0.15, 0.2) is 0 Å². The second-order valence-electron chi connectivity index (χ2n) is 5.85. The first-order chi connectivity index (χ1) is 8.38. The van der Waals surface area contributed by atoms with E-state index in [1.807, 2.05) is 0 Å². The zero-order chi connectivity index (χ0) is 13.7. The van der Waals surface area contributed by atoms with E-state index in [1.165, 1.54) is 0 Å². The van der Waals surface area contributed by atoms with Crippen LogP contribution in [-0.4, -0.2) is 54.8 Å². The second-order valence-corrected chi connectivity index (χ2v) is 5.85. The number of nitrogens with zero attached hydrogens (tertiary/aromatic N) is 1. The number of hydrogen-bond donors (Lipinski definition) is 2. The van der Waals surface area contributed by atoms with Gasteiger partial charge in [-0.15, -0.1) is 0 Å². The molecule has 108 valence electrons. The molecule has 1 aliphatic rings. The van der Waals surface area contributed by atoms with Gasteiger partial charge in [-0.25, -0.2) is 8.78 Å². The molecule has 0 radical (unpaired) electrons. The predicted octanol–water partition coefficient (Wildman–Crippen LogP) is 1.57. The Morgan fingerprint density at radius 2 is 1.94 bits per heavy atom. The van der Waals surface area contributed by atoms with Crippen LogP contribution in [0.5, 0.6) is 0 Å². The summed E-state index contributed by atoms with van der Waals surface area (Å²) >= 11 is 0. The number of alkyl halides is 2. The highest BCUT2D eigenvalue weighted by atomic mass is 19.3. The predicted molar refractivity (Wildman–Crippen MR) is 68.9 cm³/mol. The van der Waals surface area contributed by atoms with Crippen LogP contribution in [0.1, 0.15) is 27.2 Å². The molecular formula is C13H26F2N2O. The van der Waals surface area contributed by atoms with E-state index >= 15 is 0 Å². The minimum atomic E-state index is -2.31. The fourth-order valence-corrected chi connectivity index (χ4v) is 2.65. The summed E-state index contributed by atoms with van der Waals surface area (Å²) < 4.78 is 24.5. The summed E-state index contributed by atoms with van der Waals surface area (Å²) in [6.45, 7) is 8.44. The zero-order valence-electron chi connectivity index (χ0n) is 11.6. The largest absolute Gasteiger partial charge is 0.393 e. The molecule has 0 bridgehead atoms. The van der Waals surface area contributed by atoms with Crippen LogP contribution in [0.2, 0.25) is 0 Å². The summed E-state index contributed by atoms with van der Waals surface area (Å²) in [7, 11) is 0. The Morgan fingerprint density at radius 3 is 2.44 bits per heavy atom. The summed E-state index contributed by atoms with van der Waals surface area (Å²) in [6, 6.07) is 0.0612.